The van der Waals surface area contributed by atoms with Gasteiger partial charge in [-0.1, -0.05) is 23.8 Å². The number of pyridine rings is 1. The summed E-state index contributed by atoms with van der Waals surface area (Å²) >= 11 is 0. The molecule has 1 atom stereocenters. The molecule has 3 heterocycles. The number of nitrogens with zero attached hydrogens (tertiary/aromatic N) is 5. The summed E-state index contributed by atoms with van der Waals surface area (Å²) < 4.78 is 0. The number of carbonyl (C=O) groups is 1. The van der Waals surface area contributed by atoms with Crippen molar-refractivity contribution in [3.05, 3.63) is 80.5 Å². The van der Waals surface area contributed by atoms with Crippen LogP contribution in [0.3, 0.4) is 0 Å². The van der Waals surface area contributed by atoms with E-state index in [2.05, 4.69) is 32.5 Å². The van der Waals surface area contributed by atoms with Gasteiger partial charge in [0.25, 0.3) is 5.91 Å². The smallest absolute Gasteiger partial charge is 0.320 e. The molecule has 1 N–H and O–H groups in total. The Morgan fingerprint density at radius 3 is 2.71 bits per heavy atom. The molecule has 31 heavy (non-hydrogen) atoms. The first-order chi connectivity index (χ1) is 15.0. The third-order valence-electron chi connectivity index (χ3n) is 5.73. The number of benzene rings is 1. The number of aromatic nitrogens is 4. The Bertz CT molecular complexity index is 1160. The highest BCUT2D eigenvalue weighted by Gasteiger charge is 2.32. The van der Waals surface area contributed by atoms with E-state index in [1.165, 1.54) is 5.56 Å². The topological polar surface area (TPSA) is 96.2 Å². The van der Waals surface area contributed by atoms with Gasteiger partial charge in [0.1, 0.15) is 0 Å². The van der Waals surface area contributed by atoms with Gasteiger partial charge in [-0.25, -0.2) is 0 Å². The number of nitrogens with one attached hydrogen (secondary N) is 1. The van der Waals surface area contributed by atoms with Crippen molar-refractivity contribution in [2.45, 2.75) is 46.1 Å². The van der Waals surface area contributed by atoms with E-state index in [4.69, 9.17) is 0 Å². The third kappa shape index (κ3) is 4.19. The van der Waals surface area contributed by atoms with Gasteiger partial charge in [0.15, 0.2) is 0 Å². The van der Waals surface area contributed by atoms with E-state index < -0.39 is 5.56 Å². The van der Waals surface area contributed by atoms with E-state index >= 15 is 0 Å². The average molecular weight is 419 g/mol. The van der Waals surface area contributed by atoms with Crippen LogP contribution in [0.25, 0.3) is 0 Å². The normalized spacial score (nSPS) is 16.7. The Hall–Kier alpha value is -3.55. The molecule has 0 saturated carbocycles. The lowest BCUT2D eigenvalue weighted by Gasteiger charge is -2.35. The number of hydrogen-bond donors (Lipinski definition) is 1. The zero-order valence-corrected chi connectivity index (χ0v) is 18.0. The number of likely N-dealkylation sites (tertiary alicyclic amines) is 1. The SMILES string of the molecule is Cc1cc(C)c(C=Nn2[nH]nc(C(=O)N3CCCCC3c3cccnc3)c2=O)c(C)c1. The molecule has 1 saturated heterocycles. The van der Waals surface area contributed by atoms with Crippen LogP contribution in [-0.4, -0.2) is 43.7 Å². The number of H-pyrrole nitrogens is 1. The third-order valence-corrected chi connectivity index (χ3v) is 5.73. The first-order valence-corrected chi connectivity index (χ1v) is 10.5. The van der Waals surface area contributed by atoms with Gasteiger partial charge >= 0.3 is 5.56 Å². The van der Waals surface area contributed by atoms with Crippen molar-refractivity contribution in [2.24, 2.45) is 5.10 Å². The fraction of sp³-hybridized carbons (Fsp3) is 0.348. The fourth-order valence-electron chi connectivity index (χ4n) is 4.25. The van der Waals surface area contributed by atoms with Crippen molar-refractivity contribution >= 4 is 12.1 Å². The molecular formula is C23H26N6O2. The van der Waals surface area contributed by atoms with E-state index in [1.54, 1.807) is 23.5 Å². The quantitative estimate of drug-likeness (QED) is 0.659. The fourth-order valence-corrected chi connectivity index (χ4v) is 4.25. The average Bonchev–Trinajstić information content (AvgIpc) is 3.13. The molecule has 0 aliphatic carbocycles. The lowest BCUT2D eigenvalue weighted by Crippen LogP contribution is -2.40. The minimum atomic E-state index is -0.556. The Labute approximate surface area is 180 Å². The van der Waals surface area contributed by atoms with Crippen LogP contribution in [0.5, 0.6) is 0 Å². The molecule has 1 aliphatic rings. The lowest BCUT2D eigenvalue weighted by molar-refractivity contribution is 0.0603. The van der Waals surface area contributed by atoms with E-state index in [0.717, 1.165) is 46.3 Å². The van der Waals surface area contributed by atoms with Crippen molar-refractivity contribution in [3.8, 4) is 0 Å². The van der Waals surface area contributed by atoms with E-state index in [1.807, 2.05) is 32.9 Å². The zero-order valence-electron chi connectivity index (χ0n) is 18.0. The summed E-state index contributed by atoms with van der Waals surface area (Å²) in [5, 5.41) is 10.8. The van der Waals surface area contributed by atoms with Gasteiger partial charge in [-0.2, -0.15) is 10.3 Å². The summed E-state index contributed by atoms with van der Waals surface area (Å²) in [6.45, 7) is 6.62. The first kappa shape index (κ1) is 20.7. The second-order valence-corrected chi connectivity index (χ2v) is 8.03. The number of piperidine rings is 1. The maximum absolute atomic E-state index is 13.2. The molecule has 1 unspecified atom stereocenters. The molecule has 1 aliphatic heterocycles. The largest absolute Gasteiger partial charge is 0.330 e. The number of aromatic amines is 1. The number of carbonyl (C=O) groups excluding carboxylic acids is 1. The molecule has 1 fully saturated rings. The summed E-state index contributed by atoms with van der Waals surface area (Å²) in [6, 6.07) is 7.84. The summed E-state index contributed by atoms with van der Waals surface area (Å²) in [5.41, 5.74) is 4.51. The molecule has 0 radical (unpaired) electrons. The highest BCUT2D eigenvalue weighted by Crippen LogP contribution is 2.31. The predicted molar refractivity (Wildman–Crippen MR) is 118 cm³/mol. The Kier molecular flexibility index (Phi) is 5.79. The molecule has 1 aromatic carbocycles. The standard InChI is InChI=1S/C23H26N6O2/c1-15-11-16(2)19(17(3)12-15)14-25-29-23(31)21(26-27-29)22(30)28-10-5-4-8-20(28)18-7-6-9-24-13-18/h6-7,9,11-14,20,27H,4-5,8,10H2,1-3H3. The van der Waals surface area contributed by atoms with Gasteiger partial charge in [0, 0.05) is 24.5 Å². The molecule has 0 spiro atoms. The molecule has 3 aromatic rings. The minimum Gasteiger partial charge on any atom is -0.330 e. The number of rotatable bonds is 4. The van der Waals surface area contributed by atoms with Crippen molar-refractivity contribution in [1.29, 1.82) is 0 Å². The number of aryl methyl sites for hydroxylation is 3. The summed E-state index contributed by atoms with van der Waals surface area (Å²) in [7, 11) is 0. The Morgan fingerprint density at radius 2 is 2.00 bits per heavy atom. The van der Waals surface area contributed by atoms with Crippen LogP contribution in [0.15, 0.2) is 46.6 Å². The molecule has 4 rings (SSSR count). The van der Waals surface area contributed by atoms with Crippen molar-refractivity contribution in [3.63, 3.8) is 0 Å². The zero-order chi connectivity index (χ0) is 22.0. The number of hydrogen-bond acceptors (Lipinski definition) is 5. The van der Waals surface area contributed by atoms with Crippen LogP contribution in [0.1, 0.15) is 63.6 Å². The molecule has 2 aromatic heterocycles. The van der Waals surface area contributed by atoms with Crippen LogP contribution in [0, 0.1) is 20.8 Å². The van der Waals surface area contributed by atoms with Crippen LogP contribution >= 0.6 is 0 Å². The Balaban J connectivity index is 1.60. The highest BCUT2D eigenvalue weighted by molar-refractivity contribution is 5.92. The molecule has 8 nitrogen and oxygen atoms in total. The van der Waals surface area contributed by atoms with Crippen LogP contribution in [0.4, 0.5) is 0 Å². The molecule has 160 valence electrons. The van der Waals surface area contributed by atoms with E-state index in [-0.39, 0.29) is 17.6 Å². The molecular weight excluding hydrogens is 392 g/mol. The van der Waals surface area contributed by atoms with Crippen LogP contribution in [-0.2, 0) is 0 Å². The Morgan fingerprint density at radius 1 is 1.23 bits per heavy atom. The predicted octanol–water partition coefficient (Wildman–Crippen LogP) is 3.14. The second-order valence-electron chi connectivity index (χ2n) is 8.03. The maximum Gasteiger partial charge on any atom is 0.320 e. The highest BCUT2D eigenvalue weighted by atomic mass is 16.2. The van der Waals surface area contributed by atoms with Crippen molar-refractivity contribution < 1.29 is 4.79 Å². The van der Waals surface area contributed by atoms with Gasteiger partial charge in [-0.15, -0.1) is 9.89 Å². The van der Waals surface area contributed by atoms with Crippen LogP contribution in [0.2, 0.25) is 0 Å². The van der Waals surface area contributed by atoms with Gasteiger partial charge < -0.3 is 4.90 Å². The minimum absolute atomic E-state index is 0.110. The lowest BCUT2D eigenvalue weighted by atomic mass is 9.96. The van der Waals surface area contributed by atoms with E-state index in [9.17, 15) is 9.59 Å². The molecule has 8 heteroatoms. The van der Waals surface area contributed by atoms with Gasteiger partial charge in [-0.05, 0) is 62.8 Å². The first-order valence-electron chi connectivity index (χ1n) is 10.5. The molecule has 0 bridgehead atoms. The van der Waals surface area contributed by atoms with Crippen molar-refractivity contribution in [2.75, 3.05) is 6.54 Å². The van der Waals surface area contributed by atoms with Gasteiger partial charge in [0.05, 0.1) is 12.3 Å². The maximum atomic E-state index is 13.2. The van der Waals surface area contributed by atoms with E-state index in [0.29, 0.717) is 6.54 Å². The van der Waals surface area contributed by atoms with Crippen LogP contribution < -0.4 is 5.56 Å². The monoisotopic (exact) mass is 418 g/mol. The van der Waals surface area contributed by atoms with Gasteiger partial charge in [0.2, 0.25) is 5.69 Å². The second kappa shape index (κ2) is 8.67. The summed E-state index contributed by atoms with van der Waals surface area (Å²) in [5.74, 6) is -0.383. The number of amides is 1. The molecule has 1 amide bonds. The summed E-state index contributed by atoms with van der Waals surface area (Å²) in [4.78, 5) is 32.9. The van der Waals surface area contributed by atoms with Crippen molar-refractivity contribution in [1.82, 2.24) is 25.0 Å². The summed E-state index contributed by atoms with van der Waals surface area (Å²) in [6.07, 6.45) is 7.85. The van der Waals surface area contributed by atoms with Gasteiger partial charge in [-0.3, -0.25) is 14.6 Å².